The maximum Gasteiger partial charge on any atom is 0.416 e. The molecule has 1 atom stereocenters. The van der Waals surface area contributed by atoms with Crippen molar-refractivity contribution in [3.63, 3.8) is 0 Å². The number of rotatable bonds is 4. The van der Waals surface area contributed by atoms with Crippen molar-refractivity contribution in [2.75, 3.05) is 11.9 Å². The monoisotopic (exact) mass is 390 g/mol. The van der Waals surface area contributed by atoms with Crippen molar-refractivity contribution in [2.45, 2.75) is 44.9 Å². The highest BCUT2D eigenvalue weighted by Gasteiger charge is 2.41. The minimum atomic E-state index is -4.99. The summed E-state index contributed by atoms with van der Waals surface area (Å²) in [5, 5.41) is 25.0. The first-order valence-electron chi connectivity index (χ1n) is 7.83. The Balaban J connectivity index is 2.49. The van der Waals surface area contributed by atoms with Crippen molar-refractivity contribution in [1.29, 1.82) is 0 Å². The van der Waals surface area contributed by atoms with Gasteiger partial charge in [-0.2, -0.15) is 13.2 Å². The van der Waals surface area contributed by atoms with Gasteiger partial charge in [0.05, 0.1) is 21.5 Å². The van der Waals surface area contributed by atoms with Crippen LogP contribution < -0.4 is 5.32 Å². The van der Waals surface area contributed by atoms with Gasteiger partial charge in [-0.05, 0) is 20.8 Å². The number of alkyl halides is 3. The van der Waals surface area contributed by atoms with Gasteiger partial charge >= 0.3 is 6.18 Å². The van der Waals surface area contributed by atoms with Crippen LogP contribution in [0.3, 0.4) is 0 Å². The van der Waals surface area contributed by atoms with Crippen molar-refractivity contribution in [1.82, 2.24) is 4.90 Å². The Bertz CT molecular complexity index is 769. The fourth-order valence-electron chi connectivity index (χ4n) is 2.87. The maximum atomic E-state index is 12.9. The van der Waals surface area contributed by atoms with Gasteiger partial charge in [0.2, 0.25) is 5.91 Å². The molecular formula is C15H17F3N4O5. The molecule has 1 N–H and O–H groups in total. The quantitative estimate of drug-likeness (QED) is 0.622. The molecule has 9 nitrogen and oxygen atoms in total. The van der Waals surface area contributed by atoms with Crippen LogP contribution in [0.4, 0.5) is 30.2 Å². The van der Waals surface area contributed by atoms with Gasteiger partial charge in [0.1, 0.15) is 0 Å². The van der Waals surface area contributed by atoms with Crippen molar-refractivity contribution < 1.29 is 27.8 Å². The van der Waals surface area contributed by atoms with Gasteiger partial charge in [0.15, 0.2) is 5.69 Å². The number of nitrogens with one attached hydrogen (secondary N) is 1. The molecule has 1 heterocycles. The summed E-state index contributed by atoms with van der Waals surface area (Å²) < 4.78 is 38.8. The van der Waals surface area contributed by atoms with E-state index in [4.69, 9.17) is 0 Å². The molecule has 1 aliphatic heterocycles. The number of benzene rings is 1. The van der Waals surface area contributed by atoms with Gasteiger partial charge in [-0.15, -0.1) is 0 Å². The van der Waals surface area contributed by atoms with E-state index in [-0.39, 0.29) is 31.0 Å². The zero-order chi connectivity index (χ0) is 20.7. The van der Waals surface area contributed by atoms with Crippen LogP contribution in [0.15, 0.2) is 12.1 Å². The number of halogens is 3. The fourth-order valence-corrected chi connectivity index (χ4v) is 2.87. The van der Waals surface area contributed by atoms with Crippen LogP contribution >= 0.6 is 0 Å². The van der Waals surface area contributed by atoms with Gasteiger partial charge in [-0.25, -0.2) is 0 Å². The molecule has 1 aliphatic rings. The van der Waals surface area contributed by atoms with E-state index in [1.54, 1.807) is 20.8 Å². The normalized spacial score (nSPS) is 17.9. The lowest BCUT2D eigenvalue weighted by atomic mass is 10.1. The first-order valence-corrected chi connectivity index (χ1v) is 7.83. The minimum Gasteiger partial charge on any atom is -0.369 e. The summed E-state index contributed by atoms with van der Waals surface area (Å²) in [6, 6.07) is -0.229. The summed E-state index contributed by atoms with van der Waals surface area (Å²) in [5.41, 5.74) is -4.82. The Labute approximate surface area is 151 Å². The maximum absolute atomic E-state index is 12.9. The van der Waals surface area contributed by atoms with E-state index in [1.807, 2.05) is 0 Å². The largest absolute Gasteiger partial charge is 0.416 e. The van der Waals surface area contributed by atoms with Crippen LogP contribution in [0, 0.1) is 20.2 Å². The van der Waals surface area contributed by atoms with Gasteiger partial charge in [0, 0.05) is 30.6 Å². The Hall–Kier alpha value is -2.92. The third-order valence-electron chi connectivity index (χ3n) is 4.10. The molecule has 1 unspecified atom stereocenters. The second-order valence-electron chi connectivity index (χ2n) is 7.12. The number of amides is 1. The Morgan fingerprint density at radius 1 is 1.11 bits per heavy atom. The van der Waals surface area contributed by atoms with Gasteiger partial charge in [0.25, 0.3) is 11.4 Å². The predicted octanol–water partition coefficient (Wildman–Crippen LogP) is 3.33. The average Bonchev–Trinajstić information content (AvgIpc) is 2.86. The second-order valence-corrected chi connectivity index (χ2v) is 7.12. The third-order valence-corrected chi connectivity index (χ3v) is 4.10. The van der Waals surface area contributed by atoms with E-state index < -0.39 is 50.2 Å². The molecular weight excluding hydrogens is 373 g/mol. The highest BCUT2D eigenvalue weighted by atomic mass is 19.4. The number of carbonyl (C=O) groups is 1. The van der Waals surface area contributed by atoms with Gasteiger partial charge < -0.3 is 10.2 Å². The molecule has 0 bridgehead atoms. The molecule has 0 saturated carbocycles. The summed E-state index contributed by atoms with van der Waals surface area (Å²) in [4.78, 5) is 33.8. The number of nitrogens with zero attached hydrogens (tertiary/aromatic N) is 3. The standard InChI is InChI=1S/C15H17F3N4O5/c1-14(2,3)20-7-9(6-12(20)23)19-13-10(21(24)25)4-8(15(16,17)18)5-11(13)22(26)27/h4-5,9,19H,6-7H2,1-3H3. The zero-order valence-electron chi connectivity index (χ0n) is 14.7. The number of carbonyl (C=O) groups excluding carboxylic acids is 1. The highest BCUT2D eigenvalue weighted by Crippen LogP contribution is 2.42. The van der Waals surface area contributed by atoms with Crippen LogP contribution in [0.2, 0.25) is 0 Å². The molecule has 0 aromatic heterocycles. The third kappa shape index (κ3) is 4.26. The molecule has 2 rings (SSSR count). The average molecular weight is 390 g/mol. The first-order chi connectivity index (χ1) is 12.2. The number of hydrogen-bond donors (Lipinski definition) is 1. The lowest BCUT2D eigenvalue weighted by Crippen LogP contribution is -2.43. The van der Waals surface area contributed by atoms with Crippen molar-refractivity contribution in [2.24, 2.45) is 0 Å². The summed E-state index contributed by atoms with van der Waals surface area (Å²) in [5.74, 6) is -0.266. The number of anilines is 1. The van der Waals surface area contributed by atoms with E-state index in [0.29, 0.717) is 0 Å². The smallest absolute Gasteiger partial charge is 0.369 e. The van der Waals surface area contributed by atoms with E-state index in [0.717, 1.165) is 0 Å². The van der Waals surface area contributed by atoms with E-state index in [9.17, 15) is 38.2 Å². The van der Waals surface area contributed by atoms with E-state index in [1.165, 1.54) is 4.90 Å². The van der Waals surface area contributed by atoms with Gasteiger partial charge in [-0.3, -0.25) is 25.0 Å². The van der Waals surface area contributed by atoms with Crippen LogP contribution in [-0.4, -0.2) is 38.8 Å². The van der Waals surface area contributed by atoms with Crippen molar-refractivity contribution in [3.8, 4) is 0 Å². The summed E-state index contributed by atoms with van der Waals surface area (Å²) in [7, 11) is 0. The number of hydrogen-bond acceptors (Lipinski definition) is 6. The van der Waals surface area contributed by atoms with Crippen molar-refractivity contribution in [3.05, 3.63) is 37.9 Å². The molecule has 12 heteroatoms. The molecule has 0 radical (unpaired) electrons. The second kappa shape index (κ2) is 6.67. The molecule has 1 amide bonds. The Kier molecular flexibility index (Phi) is 5.04. The fraction of sp³-hybridized carbons (Fsp3) is 0.533. The van der Waals surface area contributed by atoms with Crippen LogP contribution in [0.25, 0.3) is 0 Å². The molecule has 1 fully saturated rings. The molecule has 27 heavy (non-hydrogen) atoms. The van der Waals surface area contributed by atoms with E-state index in [2.05, 4.69) is 5.32 Å². The van der Waals surface area contributed by atoms with Crippen LogP contribution in [0.5, 0.6) is 0 Å². The zero-order valence-corrected chi connectivity index (χ0v) is 14.7. The molecule has 1 aromatic carbocycles. The Morgan fingerprint density at radius 2 is 1.59 bits per heavy atom. The molecule has 148 valence electrons. The number of nitro groups is 2. The highest BCUT2D eigenvalue weighted by molar-refractivity contribution is 5.82. The first kappa shape index (κ1) is 20.4. The predicted molar refractivity (Wildman–Crippen MR) is 88.2 cm³/mol. The summed E-state index contributed by atoms with van der Waals surface area (Å²) in [6.45, 7) is 5.43. The number of likely N-dealkylation sites (tertiary alicyclic amines) is 1. The lowest BCUT2D eigenvalue weighted by molar-refractivity contribution is -0.392. The SMILES string of the molecule is CC(C)(C)N1CC(Nc2c([N+](=O)[O-])cc(C(F)(F)F)cc2[N+](=O)[O-])CC1=O. The number of nitro benzene ring substituents is 2. The summed E-state index contributed by atoms with van der Waals surface area (Å²) >= 11 is 0. The lowest BCUT2D eigenvalue weighted by Gasteiger charge is -2.32. The van der Waals surface area contributed by atoms with Crippen LogP contribution in [0.1, 0.15) is 32.8 Å². The van der Waals surface area contributed by atoms with Gasteiger partial charge in [-0.1, -0.05) is 0 Å². The van der Waals surface area contributed by atoms with Crippen LogP contribution in [-0.2, 0) is 11.0 Å². The van der Waals surface area contributed by atoms with E-state index >= 15 is 0 Å². The van der Waals surface area contributed by atoms with Crippen molar-refractivity contribution >= 4 is 23.0 Å². The minimum absolute atomic E-state index is 0.0907. The molecule has 0 spiro atoms. The molecule has 0 aliphatic carbocycles. The topological polar surface area (TPSA) is 119 Å². The molecule has 1 aromatic rings. The molecule has 1 saturated heterocycles. The Morgan fingerprint density at radius 3 is 1.93 bits per heavy atom. The summed E-state index contributed by atoms with van der Waals surface area (Å²) in [6.07, 6.45) is -5.08.